The molecule has 2 amide bonds. The van der Waals surface area contributed by atoms with Gasteiger partial charge in [-0.15, -0.1) is 0 Å². The zero-order chi connectivity index (χ0) is 17.8. The molecule has 0 spiro atoms. The first-order chi connectivity index (χ1) is 12.1. The summed E-state index contributed by atoms with van der Waals surface area (Å²) in [7, 11) is 0. The highest BCUT2D eigenvalue weighted by molar-refractivity contribution is 8.04. The number of nitrogens with one attached hydrogen (secondary N) is 1. The van der Waals surface area contributed by atoms with E-state index >= 15 is 0 Å². The van der Waals surface area contributed by atoms with Crippen molar-refractivity contribution in [1.29, 1.82) is 5.26 Å². The van der Waals surface area contributed by atoms with Crippen molar-refractivity contribution >= 4 is 35.0 Å². The lowest BCUT2D eigenvalue weighted by Crippen LogP contribution is -2.26. The van der Waals surface area contributed by atoms with Crippen molar-refractivity contribution in [3.05, 3.63) is 71.0 Å². The van der Waals surface area contributed by atoms with Gasteiger partial charge in [-0.1, -0.05) is 30.0 Å². The third-order valence-electron chi connectivity index (χ3n) is 3.45. The van der Waals surface area contributed by atoms with Gasteiger partial charge < -0.3 is 5.32 Å². The standard InChI is InChI=1S/C18H12FN3O2S/c19-12-6-8-13(9-7-12)21-17(24)15(10-20)18-22(16(23)11-25-18)14-4-2-1-3-5-14/h1-9H,11H2,(H,21,24)/b18-15-. The predicted molar refractivity (Wildman–Crippen MR) is 94.1 cm³/mol. The molecule has 5 nitrogen and oxygen atoms in total. The number of rotatable bonds is 3. The Labute approximate surface area is 147 Å². The van der Waals surface area contributed by atoms with E-state index in [2.05, 4.69) is 5.32 Å². The van der Waals surface area contributed by atoms with Crippen LogP contribution in [0, 0.1) is 17.1 Å². The van der Waals surface area contributed by atoms with Gasteiger partial charge >= 0.3 is 0 Å². The number of nitrogens with zero attached hydrogens (tertiary/aromatic N) is 2. The van der Waals surface area contributed by atoms with Crippen LogP contribution >= 0.6 is 11.8 Å². The number of halogens is 1. The maximum Gasteiger partial charge on any atom is 0.269 e. The number of hydrogen-bond donors (Lipinski definition) is 1. The van der Waals surface area contributed by atoms with Crippen molar-refractivity contribution in [3.8, 4) is 6.07 Å². The third kappa shape index (κ3) is 3.54. The average Bonchev–Trinajstić information content (AvgIpc) is 3.00. The highest BCUT2D eigenvalue weighted by atomic mass is 32.2. The number of amides is 2. The first-order valence-corrected chi connectivity index (χ1v) is 8.31. The van der Waals surface area contributed by atoms with E-state index in [0.717, 1.165) is 11.8 Å². The largest absolute Gasteiger partial charge is 0.321 e. The second-order valence-corrected chi connectivity index (χ2v) is 6.07. The highest BCUT2D eigenvalue weighted by Gasteiger charge is 2.33. The number of carbonyl (C=O) groups excluding carboxylic acids is 2. The van der Waals surface area contributed by atoms with Crippen LogP contribution in [0.15, 0.2) is 65.2 Å². The maximum absolute atomic E-state index is 13.0. The van der Waals surface area contributed by atoms with E-state index in [1.165, 1.54) is 29.2 Å². The number of anilines is 2. The molecule has 1 heterocycles. The van der Waals surface area contributed by atoms with Crippen LogP contribution in [0.3, 0.4) is 0 Å². The van der Waals surface area contributed by atoms with Crippen LogP contribution in [0.2, 0.25) is 0 Å². The van der Waals surface area contributed by atoms with Gasteiger partial charge in [-0.05, 0) is 36.4 Å². The molecule has 2 aromatic rings. The van der Waals surface area contributed by atoms with E-state index in [1.54, 1.807) is 24.3 Å². The SMILES string of the molecule is N#C/C(C(=O)Nc1ccc(F)cc1)=C1/SCC(=O)N1c1ccccc1. The molecule has 0 atom stereocenters. The summed E-state index contributed by atoms with van der Waals surface area (Å²) in [5.74, 6) is -1.12. The molecule has 7 heteroatoms. The summed E-state index contributed by atoms with van der Waals surface area (Å²) in [5, 5.41) is 12.3. The van der Waals surface area contributed by atoms with Crippen molar-refractivity contribution in [2.45, 2.75) is 0 Å². The molecule has 3 rings (SSSR count). The van der Waals surface area contributed by atoms with Gasteiger partial charge in [0.25, 0.3) is 5.91 Å². The fourth-order valence-corrected chi connectivity index (χ4v) is 3.33. The van der Waals surface area contributed by atoms with Crippen LogP contribution in [0.4, 0.5) is 15.8 Å². The normalized spacial score (nSPS) is 15.7. The van der Waals surface area contributed by atoms with E-state index in [0.29, 0.717) is 16.4 Å². The second-order valence-electron chi connectivity index (χ2n) is 5.11. The molecule has 0 saturated carbocycles. The lowest BCUT2D eigenvalue weighted by molar-refractivity contribution is -0.115. The Kier molecular flexibility index (Phi) is 4.82. The molecule has 25 heavy (non-hydrogen) atoms. The van der Waals surface area contributed by atoms with Crippen LogP contribution < -0.4 is 10.2 Å². The summed E-state index contributed by atoms with van der Waals surface area (Å²) in [6, 6.07) is 15.9. The summed E-state index contributed by atoms with van der Waals surface area (Å²) in [6.07, 6.45) is 0. The minimum absolute atomic E-state index is 0.152. The Morgan fingerprint density at radius 2 is 1.84 bits per heavy atom. The van der Waals surface area contributed by atoms with Gasteiger partial charge in [-0.25, -0.2) is 4.39 Å². The van der Waals surface area contributed by atoms with Gasteiger partial charge in [0.05, 0.1) is 5.75 Å². The Morgan fingerprint density at radius 1 is 1.16 bits per heavy atom. The smallest absolute Gasteiger partial charge is 0.269 e. The van der Waals surface area contributed by atoms with E-state index in [9.17, 15) is 19.2 Å². The summed E-state index contributed by atoms with van der Waals surface area (Å²) < 4.78 is 13.0. The maximum atomic E-state index is 13.0. The molecule has 0 aromatic heterocycles. The number of benzene rings is 2. The fourth-order valence-electron chi connectivity index (χ4n) is 2.32. The van der Waals surface area contributed by atoms with Crippen LogP contribution in [0.25, 0.3) is 0 Å². The molecule has 124 valence electrons. The second kappa shape index (κ2) is 7.20. The number of para-hydroxylation sites is 1. The summed E-state index contributed by atoms with van der Waals surface area (Å²) in [6.45, 7) is 0. The van der Waals surface area contributed by atoms with Gasteiger partial charge in [0, 0.05) is 11.4 Å². The van der Waals surface area contributed by atoms with Gasteiger partial charge in [-0.3, -0.25) is 14.5 Å². The third-order valence-corrected chi connectivity index (χ3v) is 4.51. The lowest BCUT2D eigenvalue weighted by Gasteiger charge is -2.18. The van der Waals surface area contributed by atoms with Crippen molar-refractivity contribution < 1.29 is 14.0 Å². The van der Waals surface area contributed by atoms with Crippen LogP contribution in [-0.2, 0) is 9.59 Å². The van der Waals surface area contributed by atoms with Crippen LogP contribution in [0.1, 0.15) is 0 Å². The van der Waals surface area contributed by atoms with Crippen molar-refractivity contribution in [3.63, 3.8) is 0 Å². The molecular weight excluding hydrogens is 341 g/mol. The van der Waals surface area contributed by atoms with Crippen LogP contribution in [-0.4, -0.2) is 17.6 Å². The fraction of sp³-hybridized carbons (Fsp3) is 0.0556. The lowest BCUT2D eigenvalue weighted by atomic mass is 10.2. The average molecular weight is 353 g/mol. The molecule has 0 unspecified atom stereocenters. The predicted octanol–water partition coefficient (Wildman–Crippen LogP) is 3.28. The van der Waals surface area contributed by atoms with E-state index in [1.807, 2.05) is 12.1 Å². The summed E-state index contributed by atoms with van der Waals surface area (Å²) in [4.78, 5) is 26.0. The van der Waals surface area contributed by atoms with Crippen LogP contribution in [0.5, 0.6) is 0 Å². The topological polar surface area (TPSA) is 73.2 Å². The van der Waals surface area contributed by atoms with E-state index < -0.39 is 11.7 Å². The van der Waals surface area contributed by atoms with Gasteiger partial charge in [0.2, 0.25) is 5.91 Å². The Bertz CT molecular complexity index is 889. The minimum atomic E-state index is -0.646. The number of carbonyl (C=O) groups is 2. The van der Waals surface area contributed by atoms with Crippen molar-refractivity contribution in [2.24, 2.45) is 0 Å². The Balaban J connectivity index is 1.94. The first-order valence-electron chi connectivity index (χ1n) is 7.32. The molecule has 0 aliphatic carbocycles. The summed E-state index contributed by atoms with van der Waals surface area (Å²) >= 11 is 1.14. The molecule has 0 bridgehead atoms. The highest BCUT2D eigenvalue weighted by Crippen LogP contribution is 2.36. The van der Waals surface area contributed by atoms with E-state index in [-0.39, 0.29) is 17.2 Å². The Hall–Kier alpha value is -3.11. The molecule has 1 saturated heterocycles. The molecule has 2 aromatic carbocycles. The number of thioether (sulfide) groups is 1. The first kappa shape index (κ1) is 16.7. The monoisotopic (exact) mass is 353 g/mol. The molecule has 1 aliphatic heterocycles. The van der Waals surface area contributed by atoms with Gasteiger partial charge in [0.15, 0.2) is 0 Å². The zero-order valence-electron chi connectivity index (χ0n) is 12.9. The molecular formula is C18H12FN3O2S. The van der Waals surface area contributed by atoms with Gasteiger partial charge in [-0.2, -0.15) is 5.26 Å². The van der Waals surface area contributed by atoms with Crippen molar-refractivity contribution in [2.75, 3.05) is 16.0 Å². The molecule has 1 aliphatic rings. The number of nitriles is 1. The zero-order valence-corrected chi connectivity index (χ0v) is 13.7. The molecule has 0 radical (unpaired) electrons. The minimum Gasteiger partial charge on any atom is -0.321 e. The Morgan fingerprint density at radius 3 is 2.48 bits per heavy atom. The van der Waals surface area contributed by atoms with Gasteiger partial charge in [0.1, 0.15) is 22.5 Å². The quantitative estimate of drug-likeness (QED) is 0.679. The number of hydrogen-bond acceptors (Lipinski definition) is 4. The van der Waals surface area contributed by atoms with Crippen molar-refractivity contribution in [1.82, 2.24) is 0 Å². The van der Waals surface area contributed by atoms with E-state index in [4.69, 9.17) is 0 Å². The summed E-state index contributed by atoms with van der Waals surface area (Å²) in [5.41, 5.74) is 0.791. The molecule has 1 fully saturated rings. The molecule has 1 N–H and O–H groups in total.